The predicted octanol–water partition coefficient (Wildman–Crippen LogP) is 5.42. The fourth-order valence-corrected chi connectivity index (χ4v) is 4.51. The monoisotopic (exact) mass is 340 g/mol. The van der Waals surface area contributed by atoms with Crippen LogP contribution in [0.1, 0.15) is 69.2 Å². The summed E-state index contributed by atoms with van der Waals surface area (Å²) >= 11 is 0. The first-order valence-electron chi connectivity index (χ1n) is 10.1. The molecule has 0 radical (unpaired) electrons. The first-order valence-corrected chi connectivity index (χ1v) is 10.1. The zero-order chi connectivity index (χ0) is 17.6. The number of nitrogens with one attached hydrogen (secondary N) is 1. The van der Waals surface area contributed by atoms with Crippen LogP contribution >= 0.6 is 0 Å². The van der Waals surface area contributed by atoms with Crippen LogP contribution in [0.25, 0.3) is 10.9 Å². The number of nitrogens with zero attached hydrogens (tertiary/aromatic N) is 1. The van der Waals surface area contributed by atoms with Crippen molar-refractivity contribution in [2.75, 3.05) is 13.1 Å². The lowest BCUT2D eigenvalue weighted by molar-refractivity contribution is 0.0730. The van der Waals surface area contributed by atoms with Gasteiger partial charge < -0.3 is 9.88 Å². The molecule has 136 valence electrons. The number of aromatic amines is 1. The summed E-state index contributed by atoms with van der Waals surface area (Å²) in [7, 11) is 0. The van der Waals surface area contributed by atoms with Gasteiger partial charge in [-0.2, -0.15) is 0 Å². The van der Waals surface area contributed by atoms with Crippen LogP contribution in [0.15, 0.2) is 30.5 Å². The van der Waals surface area contributed by atoms with Crippen molar-refractivity contribution in [1.29, 1.82) is 0 Å². The Morgan fingerprint density at radius 2 is 2.00 bits per heavy atom. The van der Waals surface area contributed by atoms with Gasteiger partial charge in [0.1, 0.15) is 0 Å². The molecule has 2 aromatic rings. The Balaban J connectivity index is 0.000000880. The van der Waals surface area contributed by atoms with E-state index in [1.807, 2.05) is 44.3 Å². The average molecular weight is 341 g/mol. The first kappa shape index (κ1) is 18.2. The van der Waals surface area contributed by atoms with Gasteiger partial charge in [0.15, 0.2) is 5.78 Å². The summed E-state index contributed by atoms with van der Waals surface area (Å²) in [6.07, 6.45) is 10.4. The zero-order valence-corrected chi connectivity index (χ0v) is 15.8. The molecule has 3 heterocycles. The summed E-state index contributed by atoms with van der Waals surface area (Å²) in [6.45, 7) is 6.54. The quantitative estimate of drug-likeness (QED) is 0.754. The Labute approximate surface area is 151 Å². The van der Waals surface area contributed by atoms with Crippen LogP contribution in [0.3, 0.4) is 0 Å². The number of fused-ring (bicyclic) bond motifs is 2. The highest BCUT2D eigenvalue weighted by Gasteiger charge is 2.30. The summed E-state index contributed by atoms with van der Waals surface area (Å²) in [6, 6.07) is 8.88. The van der Waals surface area contributed by atoms with E-state index in [1.54, 1.807) is 0 Å². The third kappa shape index (κ3) is 4.14. The van der Waals surface area contributed by atoms with E-state index in [4.69, 9.17) is 0 Å². The minimum atomic E-state index is 0.300. The number of H-pyrrole nitrogens is 1. The Kier molecular flexibility index (Phi) is 6.30. The van der Waals surface area contributed by atoms with E-state index in [9.17, 15) is 4.79 Å². The van der Waals surface area contributed by atoms with E-state index >= 15 is 0 Å². The maximum absolute atomic E-state index is 12.6. The van der Waals surface area contributed by atoms with E-state index < -0.39 is 0 Å². The van der Waals surface area contributed by atoms with E-state index in [1.165, 1.54) is 45.2 Å². The molecular formula is C22H32N2O. The number of Topliss-reactive ketones (excluding diaryl/α,β-unsaturated/α-hetero) is 1. The molecule has 0 saturated carbocycles. The summed E-state index contributed by atoms with van der Waals surface area (Å²) in [5.41, 5.74) is 1.93. The van der Waals surface area contributed by atoms with Crippen LogP contribution in [0.5, 0.6) is 0 Å². The fraction of sp³-hybridized carbons (Fsp3) is 0.591. The zero-order valence-electron chi connectivity index (χ0n) is 15.8. The lowest BCUT2D eigenvalue weighted by Crippen LogP contribution is -2.45. The van der Waals surface area contributed by atoms with Gasteiger partial charge in [0, 0.05) is 35.1 Å². The van der Waals surface area contributed by atoms with Crippen molar-refractivity contribution in [2.45, 2.75) is 64.8 Å². The molecule has 1 aromatic heterocycles. The minimum absolute atomic E-state index is 0.300. The standard InChI is InChI=1S/C20H26N2O.C2H6/c23-20(18-14-21-19-7-2-1-6-17(18)19)9-8-15-10-12-22-11-4-3-5-16(22)13-15;1-2/h1-2,6-7,14-16,21H,3-5,8-13H2;1-2H3. The summed E-state index contributed by atoms with van der Waals surface area (Å²) in [5.74, 6) is 1.04. The topological polar surface area (TPSA) is 36.1 Å². The molecule has 4 rings (SSSR count). The van der Waals surface area contributed by atoms with Crippen LogP contribution in [0.4, 0.5) is 0 Å². The Bertz CT molecular complexity index is 690. The number of hydrogen-bond donors (Lipinski definition) is 1. The molecule has 1 aromatic carbocycles. The number of piperidine rings is 2. The molecule has 2 aliphatic heterocycles. The summed E-state index contributed by atoms with van der Waals surface area (Å²) in [4.78, 5) is 18.5. The predicted molar refractivity (Wildman–Crippen MR) is 105 cm³/mol. The lowest BCUT2D eigenvalue weighted by atomic mass is 9.83. The number of carbonyl (C=O) groups excluding carboxylic acids is 1. The third-order valence-corrected chi connectivity index (χ3v) is 5.85. The largest absolute Gasteiger partial charge is 0.360 e. The van der Waals surface area contributed by atoms with E-state index in [-0.39, 0.29) is 0 Å². The average Bonchev–Trinajstić information content (AvgIpc) is 3.12. The molecule has 0 bridgehead atoms. The van der Waals surface area contributed by atoms with Crippen LogP contribution in [-0.4, -0.2) is 34.8 Å². The number of ketones is 1. The normalized spacial score (nSPS) is 23.6. The van der Waals surface area contributed by atoms with Gasteiger partial charge in [0.2, 0.25) is 0 Å². The number of benzene rings is 1. The number of hydrogen-bond acceptors (Lipinski definition) is 2. The molecule has 3 heteroatoms. The molecule has 0 spiro atoms. The Hall–Kier alpha value is -1.61. The second kappa shape index (κ2) is 8.66. The summed E-state index contributed by atoms with van der Waals surface area (Å²) < 4.78 is 0. The van der Waals surface area contributed by atoms with Gasteiger partial charge in [-0.25, -0.2) is 0 Å². The molecule has 2 aliphatic rings. The number of para-hydroxylation sites is 1. The van der Waals surface area contributed by atoms with Crippen molar-refractivity contribution >= 4 is 16.7 Å². The van der Waals surface area contributed by atoms with Crippen molar-refractivity contribution in [3.8, 4) is 0 Å². The summed E-state index contributed by atoms with van der Waals surface area (Å²) in [5, 5.41) is 1.07. The van der Waals surface area contributed by atoms with Crippen LogP contribution in [0, 0.1) is 5.92 Å². The van der Waals surface area contributed by atoms with Crippen LogP contribution < -0.4 is 0 Å². The SMILES string of the molecule is CC.O=C(CCC1CCN2CCCCC2C1)c1c[nH]c2ccccc12. The molecule has 1 N–H and O–H groups in total. The van der Waals surface area contributed by atoms with E-state index in [0.717, 1.165) is 34.8 Å². The molecule has 2 atom stereocenters. The fourth-order valence-electron chi connectivity index (χ4n) is 4.51. The smallest absolute Gasteiger partial charge is 0.165 e. The van der Waals surface area contributed by atoms with E-state index in [2.05, 4.69) is 9.88 Å². The minimum Gasteiger partial charge on any atom is -0.360 e. The van der Waals surface area contributed by atoms with Crippen LogP contribution in [0.2, 0.25) is 0 Å². The van der Waals surface area contributed by atoms with Gasteiger partial charge in [-0.1, -0.05) is 38.5 Å². The van der Waals surface area contributed by atoms with Crippen LogP contribution in [-0.2, 0) is 0 Å². The van der Waals surface area contributed by atoms with Gasteiger partial charge >= 0.3 is 0 Å². The Morgan fingerprint density at radius 3 is 2.88 bits per heavy atom. The molecule has 2 fully saturated rings. The van der Waals surface area contributed by atoms with Gasteiger partial charge in [-0.05, 0) is 57.2 Å². The van der Waals surface area contributed by atoms with Crippen molar-refractivity contribution < 1.29 is 4.79 Å². The molecule has 25 heavy (non-hydrogen) atoms. The molecule has 2 unspecified atom stereocenters. The van der Waals surface area contributed by atoms with Crippen molar-refractivity contribution in [3.05, 3.63) is 36.0 Å². The van der Waals surface area contributed by atoms with Crippen molar-refractivity contribution in [2.24, 2.45) is 5.92 Å². The number of rotatable bonds is 4. The second-order valence-corrected chi connectivity index (χ2v) is 7.29. The molecular weight excluding hydrogens is 308 g/mol. The first-order chi connectivity index (χ1) is 12.3. The highest BCUT2D eigenvalue weighted by molar-refractivity contribution is 6.07. The van der Waals surface area contributed by atoms with Gasteiger partial charge in [-0.15, -0.1) is 0 Å². The van der Waals surface area contributed by atoms with Gasteiger partial charge in [0.05, 0.1) is 0 Å². The maximum Gasteiger partial charge on any atom is 0.165 e. The molecule has 0 amide bonds. The molecule has 2 saturated heterocycles. The maximum atomic E-state index is 12.6. The van der Waals surface area contributed by atoms with Gasteiger partial charge in [0.25, 0.3) is 0 Å². The van der Waals surface area contributed by atoms with Crippen molar-refractivity contribution in [3.63, 3.8) is 0 Å². The van der Waals surface area contributed by atoms with E-state index in [0.29, 0.717) is 12.2 Å². The highest BCUT2D eigenvalue weighted by Crippen LogP contribution is 2.32. The Morgan fingerprint density at radius 1 is 1.16 bits per heavy atom. The lowest BCUT2D eigenvalue weighted by Gasteiger charge is -2.42. The van der Waals surface area contributed by atoms with Gasteiger partial charge in [-0.3, -0.25) is 4.79 Å². The molecule has 3 nitrogen and oxygen atoms in total. The van der Waals surface area contributed by atoms with Crippen molar-refractivity contribution in [1.82, 2.24) is 9.88 Å². The number of carbonyl (C=O) groups is 1. The second-order valence-electron chi connectivity index (χ2n) is 7.29. The number of aromatic nitrogens is 1. The molecule has 0 aliphatic carbocycles. The third-order valence-electron chi connectivity index (χ3n) is 5.85. The highest BCUT2D eigenvalue weighted by atomic mass is 16.1.